The highest BCUT2D eigenvalue weighted by molar-refractivity contribution is 5.77. The predicted molar refractivity (Wildman–Crippen MR) is 112 cm³/mol. The van der Waals surface area contributed by atoms with E-state index in [1.54, 1.807) is 0 Å². The number of rotatable bonds is 7. The first-order valence-corrected chi connectivity index (χ1v) is 10.0. The number of carboxylic acids is 1. The number of benzene rings is 2. The van der Waals surface area contributed by atoms with Gasteiger partial charge in [0, 0.05) is 24.5 Å². The fourth-order valence-corrected chi connectivity index (χ4v) is 4.46. The molecule has 0 aliphatic carbocycles. The quantitative estimate of drug-likeness (QED) is 0.687. The molecule has 5 nitrogen and oxygen atoms in total. The van der Waals surface area contributed by atoms with E-state index in [9.17, 15) is 9.90 Å². The van der Waals surface area contributed by atoms with Crippen LogP contribution < -0.4 is 11.1 Å². The molecule has 28 heavy (non-hydrogen) atoms. The first-order valence-electron chi connectivity index (χ1n) is 10.0. The Morgan fingerprint density at radius 3 is 2.43 bits per heavy atom. The summed E-state index contributed by atoms with van der Waals surface area (Å²) in [7, 11) is 0. The highest BCUT2D eigenvalue weighted by atomic mass is 16.4. The molecule has 5 atom stereocenters. The summed E-state index contributed by atoms with van der Waals surface area (Å²) >= 11 is 0. The number of carbonyl (C=O) groups is 1. The van der Waals surface area contributed by atoms with Crippen LogP contribution in [0.2, 0.25) is 0 Å². The molecule has 0 bridgehead atoms. The van der Waals surface area contributed by atoms with Crippen molar-refractivity contribution in [2.45, 2.75) is 63.9 Å². The average molecular weight is 382 g/mol. The minimum atomic E-state index is -0.795. The van der Waals surface area contributed by atoms with Gasteiger partial charge in [-0.05, 0) is 43.9 Å². The van der Waals surface area contributed by atoms with Crippen molar-refractivity contribution in [3.63, 3.8) is 0 Å². The summed E-state index contributed by atoms with van der Waals surface area (Å²) in [5, 5.41) is 13.8. The zero-order chi connectivity index (χ0) is 20.3. The van der Waals surface area contributed by atoms with Gasteiger partial charge in [-0.1, -0.05) is 54.6 Å². The molecule has 5 unspecified atom stereocenters. The molecule has 0 aromatic heterocycles. The molecule has 4 N–H and O–H groups in total. The van der Waals surface area contributed by atoms with E-state index in [-0.39, 0.29) is 24.2 Å². The molecule has 2 aromatic rings. The summed E-state index contributed by atoms with van der Waals surface area (Å²) in [4.78, 5) is 14.5. The lowest BCUT2D eigenvalue weighted by Gasteiger charge is -2.44. The van der Waals surface area contributed by atoms with Crippen LogP contribution in [0.4, 0.5) is 0 Å². The van der Waals surface area contributed by atoms with Crippen LogP contribution in [0, 0.1) is 0 Å². The van der Waals surface area contributed by atoms with Crippen LogP contribution in [0.25, 0.3) is 0 Å². The maximum atomic E-state index is 12.4. The summed E-state index contributed by atoms with van der Waals surface area (Å²) in [6.07, 6.45) is 0.753. The van der Waals surface area contributed by atoms with Crippen molar-refractivity contribution in [2.24, 2.45) is 5.73 Å². The third kappa shape index (κ3) is 4.43. The van der Waals surface area contributed by atoms with Crippen LogP contribution in [-0.4, -0.2) is 40.3 Å². The van der Waals surface area contributed by atoms with Crippen molar-refractivity contribution in [3.8, 4) is 0 Å². The number of aliphatic carboxylic acids is 1. The Morgan fingerprint density at radius 2 is 1.79 bits per heavy atom. The number of nitrogens with zero attached hydrogens (tertiary/aromatic N) is 1. The van der Waals surface area contributed by atoms with Crippen LogP contribution in [0.1, 0.15) is 49.8 Å². The van der Waals surface area contributed by atoms with Gasteiger partial charge in [-0.25, -0.2) is 0 Å². The third-order valence-electron chi connectivity index (χ3n) is 5.58. The van der Waals surface area contributed by atoms with Gasteiger partial charge < -0.3 is 10.8 Å². The topological polar surface area (TPSA) is 78.6 Å². The number of nitrogens with one attached hydrogen (secondary N) is 1. The van der Waals surface area contributed by atoms with E-state index in [4.69, 9.17) is 5.73 Å². The molecule has 0 amide bonds. The van der Waals surface area contributed by atoms with Crippen molar-refractivity contribution < 1.29 is 9.90 Å². The van der Waals surface area contributed by atoms with Gasteiger partial charge in [-0.15, -0.1) is 0 Å². The van der Waals surface area contributed by atoms with Crippen molar-refractivity contribution in [1.29, 1.82) is 0 Å². The third-order valence-corrected chi connectivity index (χ3v) is 5.58. The summed E-state index contributed by atoms with van der Waals surface area (Å²) in [5.74, 6) is -1.01. The largest absolute Gasteiger partial charge is 0.480 e. The molecule has 150 valence electrons. The van der Waals surface area contributed by atoms with E-state index in [2.05, 4.69) is 29.3 Å². The number of hydrogen-bond donors (Lipinski definition) is 3. The number of nitrogens with two attached hydrogens (primary N) is 1. The maximum Gasteiger partial charge on any atom is 0.321 e. The predicted octanol–water partition coefficient (Wildman–Crippen LogP) is 3.15. The van der Waals surface area contributed by atoms with Crippen molar-refractivity contribution in [2.75, 3.05) is 0 Å². The molecule has 5 heteroatoms. The maximum absolute atomic E-state index is 12.4. The SMILES string of the molecule is CC(N)CC(C)NC(C)N1Cc2ccccc2C(c2ccccc2)C1C(=O)O. The fraction of sp³-hybridized carbons (Fsp3) is 0.435. The molecule has 2 aromatic carbocycles. The molecular formula is C23H31N3O2. The second-order valence-electron chi connectivity index (χ2n) is 8.00. The summed E-state index contributed by atoms with van der Waals surface area (Å²) in [5.41, 5.74) is 9.25. The van der Waals surface area contributed by atoms with Crippen molar-refractivity contribution >= 4 is 5.97 Å². The van der Waals surface area contributed by atoms with Crippen LogP contribution in [0.3, 0.4) is 0 Å². The second-order valence-corrected chi connectivity index (χ2v) is 8.00. The van der Waals surface area contributed by atoms with Crippen molar-refractivity contribution in [1.82, 2.24) is 10.2 Å². The molecular weight excluding hydrogens is 350 g/mol. The van der Waals surface area contributed by atoms with E-state index in [1.165, 1.54) is 5.56 Å². The van der Waals surface area contributed by atoms with Gasteiger partial charge >= 0.3 is 5.97 Å². The summed E-state index contributed by atoms with van der Waals surface area (Å²) in [6.45, 7) is 6.74. The van der Waals surface area contributed by atoms with E-state index >= 15 is 0 Å². The normalized spacial score (nSPS) is 22.9. The lowest BCUT2D eigenvalue weighted by molar-refractivity contribution is -0.146. The van der Waals surface area contributed by atoms with Crippen LogP contribution in [0.15, 0.2) is 54.6 Å². The zero-order valence-electron chi connectivity index (χ0n) is 16.9. The van der Waals surface area contributed by atoms with Crippen LogP contribution in [-0.2, 0) is 11.3 Å². The number of carboxylic acid groups (broad SMARTS) is 1. The average Bonchev–Trinajstić information content (AvgIpc) is 2.66. The van der Waals surface area contributed by atoms with E-state index in [1.807, 2.05) is 56.3 Å². The molecule has 1 aliphatic heterocycles. The van der Waals surface area contributed by atoms with Crippen LogP contribution >= 0.6 is 0 Å². The molecule has 0 radical (unpaired) electrons. The lowest BCUT2D eigenvalue weighted by atomic mass is 9.78. The Morgan fingerprint density at radius 1 is 1.14 bits per heavy atom. The molecule has 0 spiro atoms. The molecule has 3 rings (SSSR count). The van der Waals surface area contributed by atoms with Gasteiger partial charge in [0.1, 0.15) is 6.04 Å². The number of fused-ring (bicyclic) bond motifs is 1. The van der Waals surface area contributed by atoms with Crippen LogP contribution in [0.5, 0.6) is 0 Å². The Labute approximate surface area is 167 Å². The van der Waals surface area contributed by atoms with Gasteiger partial charge in [0.2, 0.25) is 0 Å². The number of hydrogen-bond acceptors (Lipinski definition) is 4. The Kier molecular flexibility index (Phi) is 6.50. The monoisotopic (exact) mass is 381 g/mol. The van der Waals surface area contributed by atoms with Gasteiger partial charge in [-0.2, -0.15) is 0 Å². The van der Waals surface area contributed by atoms with E-state index in [0.29, 0.717) is 6.54 Å². The standard InChI is InChI=1S/C23H31N3O2/c1-15(24)13-16(2)25-17(3)26-14-19-11-7-8-12-20(19)21(22(26)23(27)28)18-9-5-4-6-10-18/h4-12,15-17,21-22,25H,13-14,24H2,1-3H3,(H,27,28). The Balaban J connectivity index is 1.98. The minimum Gasteiger partial charge on any atom is -0.480 e. The molecule has 0 fully saturated rings. The highest BCUT2D eigenvalue weighted by Crippen LogP contribution is 2.39. The molecule has 0 saturated carbocycles. The van der Waals surface area contributed by atoms with Crippen molar-refractivity contribution in [3.05, 3.63) is 71.3 Å². The second kappa shape index (κ2) is 8.86. The highest BCUT2D eigenvalue weighted by Gasteiger charge is 2.42. The first kappa shape index (κ1) is 20.5. The van der Waals surface area contributed by atoms with Gasteiger partial charge in [0.15, 0.2) is 0 Å². The van der Waals surface area contributed by atoms with Gasteiger partial charge in [-0.3, -0.25) is 15.0 Å². The lowest BCUT2D eigenvalue weighted by Crippen LogP contribution is -2.57. The summed E-state index contributed by atoms with van der Waals surface area (Å²) < 4.78 is 0. The van der Waals surface area contributed by atoms with Gasteiger partial charge in [0.25, 0.3) is 0 Å². The van der Waals surface area contributed by atoms with E-state index in [0.717, 1.165) is 17.5 Å². The smallest absolute Gasteiger partial charge is 0.321 e. The molecule has 1 aliphatic rings. The summed E-state index contributed by atoms with van der Waals surface area (Å²) in [6, 6.07) is 17.8. The zero-order valence-corrected chi connectivity index (χ0v) is 16.9. The molecule has 1 heterocycles. The Hall–Kier alpha value is -2.21. The Bertz CT molecular complexity index is 793. The fourth-order valence-electron chi connectivity index (χ4n) is 4.46. The minimum absolute atomic E-state index is 0.0885. The van der Waals surface area contributed by atoms with E-state index < -0.39 is 12.0 Å². The first-order chi connectivity index (χ1) is 13.4. The van der Waals surface area contributed by atoms with Gasteiger partial charge in [0.05, 0.1) is 6.17 Å². The molecule has 0 saturated heterocycles.